The van der Waals surface area contributed by atoms with Crippen LogP contribution in [0.25, 0.3) is 22.5 Å². The third kappa shape index (κ3) is 2.91. The number of ether oxygens (including phenoxy) is 1. The lowest BCUT2D eigenvalue weighted by atomic mass is 10.1. The Morgan fingerprint density at radius 3 is 2.30 bits per heavy atom. The molecular weight excluding hydrogens is 316 g/mol. The average Bonchev–Trinajstić information content (AvgIpc) is 2.96. The molecule has 0 amide bonds. The molecule has 0 aliphatic carbocycles. The molecule has 2 aromatic carbocycles. The van der Waals surface area contributed by atoms with E-state index in [1.165, 1.54) is 7.11 Å². The Balaban J connectivity index is 1.95. The summed E-state index contributed by atoms with van der Waals surface area (Å²) in [5.74, 6) is -0.372. The highest BCUT2D eigenvalue weighted by molar-refractivity contribution is 6.30. The zero-order chi connectivity index (χ0) is 16.4. The quantitative estimate of drug-likeness (QED) is 0.715. The Kier molecular flexibility index (Phi) is 4.04. The normalized spacial score (nSPS) is 10.5. The molecule has 5 nitrogen and oxygen atoms in total. The highest BCUT2D eigenvalue weighted by Gasteiger charge is 2.16. The average molecular weight is 329 g/mol. The fourth-order valence-electron chi connectivity index (χ4n) is 2.24. The van der Waals surface area contributed by atoms with Crippen LogP contribution in [0.4, 0.5) is 0 Å². The smallest absolute Gasteiger partial charge is 0.337 e. The minimum atomic E-state index is -0.412. The topological polar surface area (TPSA) is 75.2 Å². The minimum absolute atomic E-state index is 0.0399. The molecule has 116 valence electrons. The molecule has 0 aliphatic rings. The Bertz CT molecular complexity index is 839. The Morgan fingerprint density at radius 1 is 1.09 bits per heavy atom. The lowest BCUT2D eigenvalue weighted by Crippen LogP contribution is -2.00. The first kappa shape index (κ1) is 15.1. The van der Waals surface area contributed by atoms with Gasteiger partial charge in [-0.2, -0.15) is 5.10 Å². The number of H-pyrrole nitrogens is 1. The predicted octanol–water partition coefficient (Wildman–Crippen LogP) is 3.89. The summed E-state index contributed by atoms with van der Waals surface area (Å²) in [6, 6.07) is 13.7. The van der Waals surface area contributed by atoms with Crippen molar-refractivity contribution in [3.63, 3.8) is 0 Å². The van der Waals surface area contributed by atoms with Crippen molar-refractivity contribution in [2.24, 2.45) is 0 Å². The maximum Gasteiger partial charge on any atom is 0.337 e. The maximum absolute atomic E-state index is 11.4. The molecule has 0 saturated heterocycles. The molecule has 2 N–H and O–H groups in total. The van der Waals surface area contributed by atoms with Crippen LogP contribution in [0, 0.1) is 0 Å². The van der Waals surface area contributed by atoms with Crippen LogP contribution in [0.2, 0.25) is 5.02 Å². The number of carbonyl (C=O) groups is 1. The van der Waals surface area contributed by atoms with E-state index in [2.05, 4.69) is 14.9 Å². The summed E-state index contributed by atoms with van der Waals surface area (Å²) in [5.41, 5.74) is 2.81. The van der Waals surface area contributed by atoms with Gasteiger partial charge in [0.05, 0.1) is 12.7 Å². The summed E-state index contributed by atoms with van der Waals surface area (Å²) in [6.45, 7) is 0. The number of halogens is 1. The molecule has 0 aliphatic heterocycles. The minimum Gasteiger partial charge on any atom is -0.504 e. The van der Waals surface area contributed by atoms with Crippen LogP contribution >= 0.6 is 11.6 Å². The van der Waals surface area contributed by atoms with Gasteiger partial charge in [-0.25, -0.2) is 4.79 Å². The molecular formula is C17H13ClN2O3. The SMILES string of the molecule is COC(=O)c1ccc(-c2n[nH]c(-c3ccc(Cl)cc3)c2O)cc1. The van der Waals surface area contributed by atoms with Gasteiger partial charge in [-0.3, -0.25) is 5.10 Å². The molecule has 6 heteroatoms. The predicted molar refractivity (Wildman–Crippen MR) is 87.5 cm³/mol. The van der Waals surface area contributed by atoms with E-state index in [1.54, 1.807) is 48.5 Å². The first-order valence-electron chi connectivity index (χ1n) is 6.82. The molecule has 0 atom stereocenters. The largest absolute Gasteiger partial charge is 0.504 e. The molecule has 0 radical (unpaired) electrons. The van der Waals surface area contributed by atoms with Crippen molar-refractivity contribution < 1.29 is 14.6 Å². The summed E-state index contributed by atoms with van der Waals surface area (Å²) in [7, 11) is 1.33. The van der Waals surface area contributed by atoms with E-state index in [4.69, 9.17) is 11.6 Å². The van der Waals surface area contributed by atoms with Crippen molar-refractivity contribution >= 4 is 17.6 Å². The molecule has 3 aromatic rings. The summed E-state index contributed by atoms with van der Waals surface area (Å²) < 4.78 is 4.66. The molecule has 0 saturated carbocycles. The van der Waals surface area contributed by atoms with E-state index < -0.39 is 5.97 Å². The summed E-state index contributed by atoms with van der Waals surface area (Å²) in [6.07, 6.45) is 0. The molecule has 23 heavy (non-hydrogen) atoms. The summed E-state index contributed by atoms with van der Waals surface area (Å²) in [4.78, 5) is 11.4. The Hall–Kier alpha value is -2.79. The van der Waals surface area contributed by atoms with Crippen molar-refractivity contribution in [2.45, 2.75) is 0 Å². The van der Waals surface area contributed by atoms with Crippen LogP contribution in [0.3, 0.4) is 0 Å². The van der Waals surface area contributed by atoms with Crippen LogP contribution in [0.5, 0.6) is 5.75 Å². The van der Waals surface area contributed by atoms with E-state index >= 15 is 0 Å². The number of benzene rings is 2. The number of hydrogen-bond donors (Lipinski definition) is 2. The summed E-state index contributed by atoms with van der Waals surface area (Å²) in [5, 5.41) is 18.0. The van der Waals surface area contributed by atoms with E-state index in [1.807, 2.05) is 0 Å². The molecule has 1 aromatic heterocycles. The van der Waals surface area contributed by atoms with Gasteiger partial charge in [-0.05, 0) is 24.3 Å². The number of nitrogens with one attached hydrogen (secondary N) is 1. The molecule has 0 spiro atoms. The highest BCUT2D eigenvalue weighted by atomic mass is 35.5. The lowest BCUT2D eigenvalue weighted by Gasteiger charge is -2.02. The van der Waals surface area contributed by atoms with Crippen molar-refractivity contribution in [2.75, 3.05) is 7.11 Å². The van der Waals surface area contributed by atoms with Gasteiger partial charge in [0.15, 0.2) is 5.75 Å². The number of methoxy groups -OCH3 is 1. The zero-order valence-corrected chi connectivity index (χ0v) is 13.0. The molecule has 0 fully saturated rings. The molecule has 3 rings (SSSR count). The fourth-order valence-corrected chi connectivity index (χ4v) is 2.36. The second-order valence-corrected chi connectivity index (χ2v) is 5.31. The fraction of sp³-hybridized carbons (Fsp3) is 0.0588. The van der Waals surface area contributed by atoms with E-state index in [0.29, 0.717) is 27.5 Å². The van der Waals surface area contributed by atoms with E-state index in [0.717, 1.165) is 5.56 Å². The van der Waals surface area contributed by atoms with Crippen LogP contribution < -0.4 is 0 Å². The lowest BCUT2D eigenvalue weighted by molar-refractivity contribution is 0.0601. The standard InChI is InChI=1S/C17H13ClN2O3/c1-23-17(22)12-4-2-10(3-5-12)14-16(21)15(20-19-14)11-6-8-13(18)9-7-11/h2-9,21H,1H3,(H,19,20). The second-order valence-electron chi connectivity index (χ2n) is 4.87. The molecule has 1 heterocycles. The van der Waals surface area contributed by atoms with Crippen LogP contribution in [0.15, 0.2) is 48.5 Å². The second kappa shape index (κ2) is 6.14. The number of aromatic amines is 1. The number of esters is 1. The first-order chi connectivity index (χ1) is 11.1. The van der Waals surface area contributed by atoms with Gasteiger partial charge in [-0.15, -0.1) is 0 Å². The van der Waals surface area contributed by atoms with Crippen molar-refractivity contribution in [1.29, 1.82) is 0 Å². The number of nitrogens with zero attached hydrogens (tertiary/aromatic N) is 1. The van der Waals surface area contributed by atoms with Crippen molar-refractivity contribution in [3.05, 3.63) is 59.1 Å². The number of hydrogen-bond acceptors (Lipinski definition) is 4. The number of rotatable bonds is 3. The number of carbonyl (C=O) groups excluding carboxylic acids is 1. The van der Waals surface area contributed by atoms with Gasteiger partial charge in [-0.1, -0.05) is 35.9 Å². The van der Waals surface area contributed by atoms with Crippen molar-refractivity contribution in [3.8, 4) is 28.3 Å². The van der Waals surface area contributed by atoms with Gasteiger partial charge < -0.3 is 9.84 Å². The van der Waals surface area contributed by atoms with E-state index in [-0.39, 0.29) is 5.75 Å². The van der Waals surface area contributed by atoms with E-state index in [9.17, 15) is 9.90 Å². The monoisotopic (exact) mass is 328 g/mol. The van der Waals surface area contributed by atoms with Gasteiger partial charge in [0.1, 0.15) is 11.4 Å². The third-order valence-corrected chi connectivity index (χ3v) is 3.70. The van der Waals surface area contributed by atoms with Gasteiger partial charge >= 0.3 is 5.97 Å². The maximum atomic E-state index is 11.4. The van der Waals surface area contributed by atoms with Gasteiger partial charge in [0, 0.05) is 16.1 Å². The molecule has 0 bridgehead atoms. The van der Waals surface area contributed by atoms with Crippen LogP contribution in [0.1, 0.15) is 10.4 Å². The number of aromatic hydroxyl groups is 1. The van der Waals surface area contributed by atoms with Crippen LogP contribution in [-0.2, 0) is 4.74 Å². The zero-order valence-electron chi connectivity index (χ0n) is 12.2. The third-order valence-electron chi connectivity index (χ3n) is 3.45. The van der Waals surface area contributed by atoms with Crippen molar-refractivity contribution in [1.82, 2.24) is 10.2 Å². The van der Waals surface area contributed by atoms with Gasteiger partial charge in [0.2, 0.25) is 0 Å². The Morgan fingerprint density at radius 2 is 1.70 bits per heavy atom. The first-order valence-corrected chi connectivity index (χ1v) is 7.20. The Labute approximate surface area is 137 Å². The van der Waals surface area contributed by atoms with Crippen LogP contribution in [-0.4, -0.2) is 28.4 Å². The van der Waals surface area contributed by atoms with Gasteiger partial charge in [0.25, 0.3) is 0 Å². The molecule has 0 unspecified atom stereocenters. The summed E-state index contributed by atoms with van der Waals surface area (Å²) >= 11 is 5.87. The number of aromatic nitrogens is 2. The highest BCUT2D eigenvalue weighted by Crippen LogP contribution is 2.36.